The minimum Gasteiger partial charge on any atom is -0.457 e. The van der Waals surface area contributed by atoms with Crippen LogP contribution in [0.3, 0.4) is 0 Å². The first-order valence-corrected chi connectivity index (χ1v) is 9.56. The standard InChI is InChI=1S/C18H22O3Si2/c1-13(2)20-22-17-9-5-15(6-10-17)19-16-7-11-18(12-8-16)23-21-14(3)4/h5-14H,1-4H3. The maximum absolute atomic E-state index is 5.86. The summed E-state index contributed by atoms with van der Waals surface area (Å²) >= 11 is 0. The highest BCUT2D eigenvalue weighted by molar-refractivity contribution is 6.47. The van der Waals surface area contributed by atoms with E-state index >= 15 is 0 Å². The third-order valence-electron chi connectivity index (χ3n) is 2.77. The van der Waals surface area contributed by atoms with Crippen LogP contribution >= 0.6 is 0 Å². The molecule has 4 radical (unpaired) electrons. The molecule has 0 saturated carbocycles. The molecular formula is C18H22O3Si2. The molecular weight excluding hydrogens is 320 g/mol. The molecule has 0 saturated heterocycles. The van der Waals surface area contributed by atoms with E-state index in [1.54, 1.807) is 0 Å². The van der Waals surface area contributed by atoms with E-state index in [1.807, 2.05) is 76.2 Å². The van der Waals surface area contributed by atoms with Crippen LogP contribution in [0.1, 0.15) is 27.7 Å². The Balaban J connectivity index is 1.88. The van der Waals surface area contributed by atoms with Crippen molar-refractivity contribution in [3.63, 3.8) is 0 Å². The van der Waals surface area contributed by atoms with Gasteiger partial charge in [0.2, 0.25) is 0 Å². The fourth-order valence-electron chi connectivity index (χ4n) is 1.69. The fourth-order valence-corrected chi connectivity index (χ4v) is 3.04. The SMILES string of the molecule is CC(C)O[Si]c1ccc(Oc2ccc([Si]OC(C)C)cc2)cc1. The fraction of sp³-hybridized carbons (Fsp3) is 0.333. The molecule has 0 spiro atoms. The van der Waals surface area contributed by atoms with Gasteiger partial charge in [0, 0.05) is 12.2 Å². The van der Waals surface area contributed by atoms with Gasteiger partial charge in [-0.3, -0.25) is 0 Å². The molecule has 0 fully saturated rings. The summed E-state index contributed by atoms with van der Waals surface area (Å²) in [6.45, 7) is 8.17. The lowest BCUT2D eigenvalue weighted by Gasteiger charge is -2.09. The van der Waals surface area contributed by atoms with Crippen LogP contribution in [0.4, 0.5) is 0 Å². The van der Waals surface area contributed by atoms with Crippen molar-refractivity contribution in [1.29, 1.82) is 0 Å². The van der Waals surface area contributed by atoms with Crippen molar-refractivity contribution >= 4 is 29.9 Å². The van der Waals surface area contributed by atoms with Gasteiger partial charge < -0.3 is 13.6 Å². The summed E-state index contributed by atoms with van der Waals surface area (Å²) in [5.41, 5.74) is 0. The van der Waals surface area contributed by atoms with Crippen LogP contribution in [0.5, 0.6) is 11.5 Å². The molecule has 0 aliphatic heterocycles. The molecule has 0 N–H and O–H groups in total. The van der Waals surface area contributed by atoms with E-state index in [-0.39, 0.29) is 12.2 Å². The molecule has 2 aromatic rings. The van der Waals surface area contributed by atoms with E-state index in [9.17, 15) is 0 Å². The van der Waals surface area contributed by atoms with Crippen molar-refractivity contribution in [2.24, 2.45) is 0 Å². The van der Waals surface area contributed by atoms with Gasteiger partial charge in [0.15, 0.2) is 0 Å². The molecule has 0 atom stereocenters. The van der Waals surface area contributed by atoms with Crippen molar-refractivity contribution < 1.29 is 13.6 Å². The Labute approximate surface area is 143 Å². The topological polar surface area (TPSA) is 27.7 Å². The van der Waals surface area contributed by atoms with E-state index in [0.29, 0.717) is 19.5 Å². The summed E-state index contributed by atoms with van der Waals surface area (Å²) in [4.78, 5) is 0. The smallest absolute Gasteiger partial charge is 0.269 e. The average molecular weight is 343 g/mol. The highest BCUT2D eigenvalue weighted by Crippen LogP contribution is 2.19. The molecule has 120 valence electrons. The minimum absolute atomic E-state index is 0.253. The molecule has 0 amide bonds. The quantitative estimate of drug-likeness (QED) is 0.691. The summed E-state index contributed by atoms with van der Waals surface area (Å²) in [6.07, 6.45) is 0.506. The summed E-state index contributed by atoms with van der Waals surface area (Å²) in [6, 6.07) is 16.1. The number of hydrogen-bond donors (Lipinski definition) is 0. The van der Waals surface area contributed by atoms with Gasteiger partial charge in [-0.2, -0.15) is 0 Å². The third kappa shape index (κ3) is 6.70. The molecule has 0 aliphatic carbocycles. The van der Waals surface area contributed by atoms with Gasteiger partial charge in [0.25, 0.3) is 19.5 Å². The molecule has 2 rings (SSSR count). The lowest BCUT2D eigenvalue weighted by Crippen LogP contribution is -2.20. The van der Waals surface area contributed by atoms with Crippen molar-refractivity contribution in [1.82, 2.24) is 0 Å². The molecule has 2 aromatic carbocycles. The highest BCUT2D eigenvalue weighted by atomic mass is 28.2. The van der Waals surface area contributed by atoms with Gasteiger partial charge in [-0.15, -0.1) is 0 Å². The van der Waals surface area contributed by atoms with Crippen molar-refractivity contribution in [3.8, 4) is 11.5 Å². The first kappa shape index (κ1) is 17.9. The minimum atomic E-state index is 0.253. The van der Waals surface area contributed by atoms with Crippen LogP contribution in [0.2, 0.25) is 0 Å². The van der Waals surface area contributed by atoms with Crippen molar-refractivity contribution in [2.75, 3.05) is 0 Å². The van der Waals surface area contributed by atoms with Crippen LogP contribution in [-0.2, 0) is 8.85 Å². The molecule has 0 bridgehead atoms. The first-order chi connectivity index (χ1) is 11.0. The Kier molecular flexibility index (Phi) is 7.04. The molecule has 5 heteroatoms. The first-order valence-electron chi connectivity index (χ1n) is 7.74. The molecule has 0 aromatic heterocycles. The third-order valence-corrected chi connectivity index (χ3v) is 5.09. The summed E-state index contributed by atoms with van der Waals surface area (Å²) < 4.78 is 17.1. The second kappa shape index (κ2) is 9.03. The van der Waals surface area contributed by atoms with Crippen LogP contribution < -0.4 is 15.1 Å². The summed E-state index contributed by atoms with van der Waals surface area (Å²) in [5, 5.41) is 2.35. The molecule has 0 heterocycles. The number of ether oxygens (including phenoxy) is 1. The molecule has 0 aliphatic rings. The van der Waals surface area contributed by atoms with Crippen molar-refractivity contribution in [2.45, 2.75) is 39.9 Å². The predicted octanol–water partition coefficient (Wildman–Crippen LogP) is 2.82. The zero-order valence-electron chi connectivity index (χ0n) is 14.0. The van der Waals surface area contributed by atoms with E-state index in [4.69, 9.17) is 13.6 Å². The monoisotopic (exact) mass is 342 g/mol. The van der Waals surface area contributed by atoms with E-state index in [0.717, 1.165) is 11.5 Å². The Bertz CT molecular complexity index is 527. The van der Waals surface area contributed by atoms with Gasteiger partial charge in [-0.05, 0) is 62.3 Å². The highest BCUT2D eigenvalue weighted by Gasteiger charge is 2.03. The van der Waals surface area contributed by atoms with Crippen LogP contribution in [0, 0.1) is 0 Å². The Morgan fingerprint density at radius 3 is 1.26 bits per heavy atom. The largest absolute Gasteiger partial charge is 0.457 e. The zero-order valence-corrected chi connectivity index (χ0v) is 16.0. The van der Waals surface area contributed by atoms with Crippen LogP contribution in [0.15, 0.2) is 48.5 Å². The molecule has 23 heavy (non-hydrogen) atoms. The number of benzene rings is 2. The van der Waals surface area contributed by atoms with E-state index < -0.39 is 0 Å². The van der Waals surface area contributed by atoms with Gasteiger partial charge in [0.05, 0.1) is 0 Å². The summed E-state index contributed by atoms with van der Waals surface area (Å²) in [5.74, 6) is 1.66. The second-order valence-electron chi connectivity index (χ2n) is 5.69. The van der Waals surface area contributed by atoms with Gasteiger partial charge in [0.1, 0.15) is 11.5 Å². The van der Waals surface area contributed by atoms with Gasteiger partial charge in [-0.25, -0.2) is 0 Å². The number of rotatable bonds is 8. The second-order valence-corrected chi connectivity index (χ2v) is 7.72. The van der Waals surface area contributed by atoms with E-state index in [1.165, 1.54) is 10.4 Å². The Hall–Kier alpha value is -1.41. The van der Waals surface area contributed by atoms with Crippen molar-refractivity contribution in [3.05, 3.63) is 48.5 Å². The Morgan fingerprint density at radius 1 is 0.609 bits per heavy atom. The van der Waals surface area contributed by atoms with Gasteiger partial charge >= 0.3 is 0 Å². The zero-order chi connectivity index (χ0) is 16.7. The number of hydrogen-bond acceptors (Lipinski definition) is 3. The van der Waals surface area contributed by atoms with Crippen LogP contribution in [-0.4, -0.2) is 31.7 Å². The molecule has 0 unspecified atom stereocenters. The van der Waals surface area contributed by atoms with E-state index in [2.05, 4.69) is 0 Å². The van der Waals surface area contributed by atoms with Crippen LogP contribution in [0.25, 0.3) is 0 Å². The normalized spacial score (nSPS) is 11.2. The average Bonchev–Trinajstić information content (AvgIpc) is 2.53. The van der Waals surface area contributed by atoms with Gasteiger partial charge in [-0.1, -0.05) is 24.3 Å². The Morgan fingerprint density at radius 2 is 0.957 bits per heavy atom. The maximum Gasteiger partial charge on any atom is 0.269 e. The summed E-state index contributed by atoms with van der Waals surface area (Å²) in [7, 11) is 0.753. The molecule has 3 nitrogen and oxygen atoms in total. The lowest BCUT2D eigenvalue weighted by molar-refractivity contribution is 0.260. The lowest BCUT2D eigenvalue weighted by atomic mass is 10.3. The predicted molar refractivity (Wildman–Crippen MR) is 96.2 cm³/mol. The maximum atomic E-state index is 5.86.